The number of amides is 1. The first-order valence-corrected chi connectivity index (χ1v) is 11.9. The van der Waals surface area contributed by atoms with Crippen LogP contribution in [-0.2, 0) is 16.1 Å². The molecule has 1 aliphatic rings. The predicted molar refractivity (Wildman–Crippen MR) is 130 cm³/mol. The first kappa shape index (κ1) is 23.6. The van der Waals surface area contributed by atoms with Gasteiger partial charge >= 0.3 is 5.97 Å². The van der Waals surface area contributed by atoms with Gasteiger partial charge in [-0.05, 0) is 68.5 Å². The van der Waals surface area contributed by atoms with Gasteiger partial charge in [0.05, 0.1) is 22.2 Å². The van der Waals surface area contributed by atoms with E-state index in [-0.39, 0.29) is 17.8 Å². The first-order chi connectivity index (χ1) is 16.3. The number of nitro groups is 1. The minimum Gasteiger partial charge on any atom is -0.468 e. The Labute approximate surface area is 200 Å². The molecule has 0 atom stereocenters. The number of anilines is 1. The van der Waals surface area contributed by atoms with Crippen LogP contribution in [-0.4, -0.2) is 41.6 Å². The van der Waals surface area contributed by atoms with Crippen molar-refractivity contribution in [3.05, 3.63) is 61.9 Å². The van der Waals surface area contributed by atoms with Crippen molar-refractivity contribution >= 4 is 44.8 Å². The van der Waals surface area contributed by atoms with Gasteiger partial charge in [0.2, 0.25) is 0 Å². The summed E-state index contributed by atoms with van der Waals surface area (Å²) in [5.74, 6) is -1.07. The number of methoxy groups -OCH3 is 1. The molecule has 0 saturated carbocycles. The second-order valence-corrected chi connectivity index (χ2v) is 9.39. The minimum absolute atomic E-state index is 0.0981. The molecule has 178 valence electrons. The fourth-order valence-corrected chi connectivity index (χ4v) is 5.22. The number of thiazole rings is 1. The molecule has 0 radical (unpaired) electrons. The van der Waals surface area contributed by atoms with E-state index in [9.17, 15) is 19.7 Å². The van der Waals surface area contributed by atoms with Crippen LogP contribution in [0.4, 0.5) is 11.4 Å². The van der Waals surface area contributed by atoms with Crippen molar-refractivity contribution in [2.45, 2.75) is 39.7 Å². The van der Waals surface area contributed by atoms with Crippen molar-refractivity contribution in [1.29, 1.82) is 0 Å². The van der Waals surface area contributed by atoms with E-state index in [4.69, 9.17) is 4.74 Å². The summed E-state index contributed by atoms with van der Waals surface area (Å²) in [6.45, 7) is 5.38. The SMILES string of the molecule is COC(=O)Cn1c(=NC(=O)c2ccc(N3CCCCC3)c([N+](=O)[O-])c2)sc2cc(C)c(C)cc21. The van der Waals surface area contributed by atoms with Crippen LogP contribution in [0.2, 0.25) is 0 Å². The molecule has 0 aliphatic carbocycles. The predicted octanol–water partition coefficient (Wildman–Crippen LogP) is 4.13. The molecule has 0 unspecified atom stereocenters. The van der Waals surface area contributed by atoms with Gasteiger partial charge in [-0.1, -0.05) is 11.3 Å². The summed E-state index contributed by atoms with van der Waals surface area (Å²) in [5.41, 5.74) is 3.45. The van der Waals surface area contributed by atoms with E-state index in [0.29, 0.717) is 10.5 Å². The van der Waals surface area contributed by atoms with Crippen LogP contribution in [0.3, 0.4) is 0 Å². The van der Waals surface area contributed by atoms with E-state index in [0.717, 1.165) is 53.7 Å². The Bertz CT molecular complexity index is 1350. The highest BCUT2D eigenvalue weighted by Crippen LogP contribution is 2.31. The molecule has 2 aromatic carbocycles. The number of carbonyl (C=O) groups excluding carboxylic acids is 2. The number of piperidine rings is 1. The van der Waals surface area contributed by atoms with Gasteiger partial charge in [-0.2, -0.15) is 4.99 Å². The highest BCUT2D eigenvalue weighted by atomic mass is 32.1. The molecule has 1 aromatic heterocycles. The van der Waals surface area contributed by atoms with Crippen molar-refractivity contribution in [1.82, 2.24) is 4.57 Å². The van der Waals surface area contributed by atoms with E-state index in [2.05, 4.69) is 4.99 Å². The van der Waals surface area contributed by atoms with E-state index < -0.39 is 16.8 Å². The average Bonchev–Trinajstić information content (AvgIpc) is 3.14. The molecule has 0 spiro atoms. The maximum absolute atomic E-state index is 13.1. The van der Waals surface area contributed by atoms with Crippen LogP contribution >= 0.6 is 11.3 Å². The minimum atomic E-state index is -0.605. The zero-order chi connectivity index (χ0) is 24.4. The fraction of sp³-hybridized carbons (Fsp3) is 0.375. The summed E-state index contributed by atoms with van der Waals surface area (Å²) in [6.07, 6.45) is 3.08. The number of ether oxygens (including phenoxy) is 1. The lowest BCUT2D eigenvalue weighted by Gasteiger charge is -2.28. The maximum atomic E-state index is 13.1. The quantitative estimate of drug-likeness (QED) is 0.307. The van der Waals surface area contributed by atoms with Gasteiger partial charge in [-0.15, -0.1) is 0 Å². The molecule has 4 rings (SSSR count). The van der Waals surface area contributed by atoms with Crippen molar-refractivity contribution in [2.75, 3.05) is 25.1 Å². The molecule has 1 aliphatic heterocycles. The number of fused-ring (bicyclic) bond motifs is 1. The van der Waals surface area contributed by atoms with E-state index in [1.807, 2.05) is 30.9 Å². The van der Waals surface area contributed by atoms with Crippen LogP contribution in [0.25, 0.3) is 10.2 Å². The Kier molecular flexibility index (Phi) is 6.78. The molecule has 0 bridgehead atoms. The Morgan fingerprint density at radius 1 is 1.12 bits per heavy atom. The zero-order valence-corrected chi connectivity index (χ0v) is 20.2. The van der Waals surface area contributed by atoms with E-state index >= 15 is 0 Å². The number of rotatable bonds is 5. The number of benzene rings is 2. The van der Waals surface area contributed by atoms with Crippen LogP contribution < -0.4 is 9.70 Å². The summed E-state index contributed by atoms with van der Waals surface area (Å²) in [4.78, 5) is 43.0. The average molecular weight is 483 g/mol. The van der Waals surface area contributed by atoms with Crippen LogP contribution in [0.1, 0.15) is 40.7 Å². The van der Waals surface area contributed by atoms with Gasteiger partial charge in [0.25, 0.3) is 11.6 Å². The largest absolute Gasteiger partial charge is 0.468 e. The number of hydrogen-bond donors (Lipinski definition) is 0. The molecule has 1 saturated heterocycles. The third-order valence-corrected chi connectivity index (χ3v) is 7.17. The summed E-state index contributed by atoms with van der Waals surface area (Å²) >= 11 is 1.28. The summed E-state index contributed by atoms with van der Waals surface area (Å²) in [6, 6.07) is 8.44. The second kappa shape index (κ2) is 9.76. The summed E-state index contributed by atoms with van der Waals surface area (Å²) in [7, 11) is 1.30. The number of aromatic nitrogens is 1. The Morgan fingerprint density at radius 3 is 2.50 bits per heavy atom. The van der Waals surface area contributed by atoms with Crippen molar-refractivity contribution in [2.24, 2.45) is 4.99 Å². The number of esters is 1. The topological polar surface area (TPSA) is 107 Å². The van der Waals surface area contributed by atoms with Gasteiger partial charge < -0.3 is 14.2 Å². The number of hydrogen-bond acceptors (Lipinski definition) is 7. The number of aryl methyl sites for hydroxylation is 2. The second-order valence-electron chi connectivity index (χ2n) is 8.38. The molecule has 1 fully saturated rings. The lowest BCUT2D eigenvalue weighted by atomic mass is 10.1. The lowest BCUT2D eigenvalue weighted by molar-refractivity contribution is -0.384. The van der Waals surface area contributed by atoms with Gasteiger partial charge in [-0.3, -0.25) is 19.7 Å². The highest BCUT2D eigenvalue weighted by Gasteiger charge is 2.23. The first-order valence-electron chi connectivity index (χ1n) is 11.1. The molecule has 9 nitrogen and oxygen atoms in total. The molecular weight excluding hydrogens is 456 g/mol. The Balaban J connectivity index is 1.78. The van der Waals surface area contributed by atoms with E-state index in [1.54, 1.807) is 16.7 Å². The van der Waals surface area contributed by atoms with Crippen molar-refractivity contribution in [3.63, 3.8) is 0 Å². The zero-order valence-electron chi connectivity index (χ0n) is 19.4. The van der Waals surface area contributed by atoms with Gasteiger partial charge in [0, 0.05) is 24.7 Å². The molecule has 1 amide bonds. The maximum Gasteiger partial charge on any atom is 0.325 e. The summed E-state index contributed by atoms with van der Waals surface area (Å²) in [5, 5.41) is 11.8. The van der Waals surface area contributed by atoms with Gasteiger partial charge in [0.1, 0.15) is 12.2 Å². The molecule has 10 heteroatoms. The highest BCUT2D eigenvalue weighted by molar-refractivity contribution is 7.16. The third kappa shape index (κ3) is 4.72. The van der Waals surface area contributed by atoms with Gasteiger partial charge in [0.15, 0.2) is 4.80 Å². The molecule has 34 heavy (non-hydrogen) atoms. The Hall–Kier alpha value is -3.53. The number of nitrogens with zero attached hydrogens (tertiary/aromatic N) is 4. The normalized spacial score (nSPS) is 14.4. The third-order valence-electron chi connectivity index (χ3n) is 6.13. The smallest absolute Gasteiger partial charge is 0.325 e. The van der Waals surface area contributed by atoms with Gasteiger partial charge in [-0.25, -0.2) is 0 Å². The fourth-order valence-electron chi connectivity index (χ4n) is 4.11. The molecule has 3 aromatic rings. The monoisotopic (exact) mass is 482 g/mol. The van der Waals surface area contributed by atoms with Crippen molar-refractivity contribution in [3.8, 4) is 0 Å². The standard InChI is InChI=1S/C24H26N4O5S/c1-15-11-20-21(12-16(15)2)34-24(27(20)14-22(29)33-3)25-23(30)17-7-8-18(19(13-17)28(31)32)26-9-5-4-6-10-26/h7-8,11-13H,4-6,9-10,14H2,1-3H3. The van der Waals surface area contributed by atoms with Crippen LogP contribution in [0.5, 0.6) is 0 Å². The van der Waals surface area contributed by atoms with Crippen LogP contribution in [0.15, 0.2) is 35.3 Å². The molecule has 0 N–H and O–H groups in total. The van der Waals surface area contributed by atoms with Crippen LogP contribution in [0, 0.1) is 24.0 Å². The Morgan fingerprint density at radius 2 is 1.82 bits per heavy atom. The molecule has 2 heterocycles. The molecular formula is C24H26N4O5S. The number of carbonyl (C=O) groups is 2. The lowest BCUT2D eigenvalue weighted by Crippen LogP contribution is -2.30. The van der Waals surface area contributed by atoms with E-state index in [1.165, 1.54) is 24.5 Å². The van der Waals surface area contributed by atoms with Crippen molar-refractivity contribution < 1.29 is 19.2 Å². The number of nitro benzene ring substituents is 1. The summed E-state index contributed by atoms with van der Waals surface area (Å²) < 4.78 is 7.35.